The molecule has 8 heteroatoms. The lowest BCUT2D eigenvalue weighted by Crippen LogP contribution is -2.53. The molecule has 0 aliphatic carbocycles. The summed E-state index contributed by atoms with van der Waals surface area (Å²) in [7, 11) is 0.0891. The number of aryl methyl sites for hydroxylation is 1. The SMILES string of the molecule is CN=C(NCCc1ccc(C)c(OC)c1)NCC(C)(C)NS(C)(=O)=O. The summed E-state index contributed by atoms with van der Waals surface area (Å²) in [6.45, 7) is 6.75. The summed E-state index contributed by atoms with van der Waals surface area (Å²) in [6.07, 6.45) is 1.97. The van der Waals surface area contributed by atoms with E-state index in [0.29, 0.717) is 19.0 Å². The van der Waals surface area contributed by atoms with Crippen molar-refractivity contribution >= 4 is 16.0 Å². The van der Waals surface area contributed by atoms with Crippen LogP contribution in [-0.4, -0.2) is 53.4 Å². The van der Waals surface area contributed by atoms with Crippen LogP contribution in [0.4, 0.5) is 0 Å². The largest absolute Gasteiger partial charge is 0.496 e. The predicted octanol–water partition coefficient (Wildman–Crippen LogP) is 1.04. The number of nitrogens with one attached hydrogen (secondary N) is 3. The molecule has 0 radical (unpaired) electrons. The number of sulfonamides is 1. The van der Waals surface area contributed by atoms with Gasteiger partial charge in [0.1, 0.15) is 5.75 Å². The zero-order valence-electron chi connectivity index (χ0n) is 15.9. The number of hydrogen-bond donors (Lipinski definition) is 3. The third-order valence-electron chi connectivity index (χ3n) is 3.56. The number of nitrogens with zero attached hydrogens (tertiary/aromatic N) is 1. The molecule has 0 heterocycles. The van der Waals surface area contributed by atoms with Crippen molar-refractivity contribution in [1.29, 1.82) is 0 Å². The average molecular weight is 371 g/mol. The van der Waals surface area contributed by atoms with Crippen LogP contribution in [0.2, 0.25) is 0 Å². The van der Waals surface area contributed by atoms with E-state index in [1.54, 1.807) is 14.2 Å². The van der Waals surface area contributed by atoms with E-state index >= 15 is 0 Å². The van der Waals surface area contributed by atoms with Crippen molar-refractivity contribution < 1.29 is 13.2 Å². The van der Waals surface area contributed by atoms with Gasteiger partial charge in [-0.1, -0.05) is 12.1 Å². The monoisotopic (exact) mass is 370 g/mol. The van der Waals surface area contributed by atoms with E-state index in [1.165, 1.54) is 5.56 Å². The van der Waals surface area contributed by atoms with Crippen LogP contribution in [0.15, 0.2) is 23.2 Å². The summed E-state index contributed by atoms with van der Waals surface area (Å²) >= 11 is 0. The van der Waals surface area contributed by atoms with E-state index in [-0.39, 0.29) is 0 Å². The molecule has 0 aromatic heterocycles. The lowest BCUT2D eigenvalue weighted by Gasteiger charge is -2.26. The van der Waals surface area contributed by atoms with Crippen LogP contribution in [0, 0.1) is 6.92 Å². The van der Waals surface area contributed by atoms with Gasteiger partial charge in [0, 0.05) is 25.7 Å². The van der Waals surface area contributed by atoms with Gasteiger partial charge in [-0.25, -0.2) is 13.1 Å². The number of hydrogen-bond acceptors (Lipinski definition) is 4. The standard InChI is InChI=1S/C17H30N4O3S/c1-13-7-8-14(11-15(13)24-5)9-10-19-16(18-4)20-12-17(2,3)21-25(6,22)23/h7-8,11,21H,9-10,12H2,1-6H3,(H2,18,19,20). The predicted molar refractivity (Wildman–Crippen MR) is 103 cm³/mol. The zero-order valence-corrected chi connectivity index (χ0v) is 16.8. The van der Waals surface area contributed by atoms with Gasteiger partial charge in [0.25, 0.3) is 0 Å². The van der Waals surface area contributed by atoms with E-state index in [2.05, 4.69) is 26.4 Å². The molecule has 1 rings (SSSR count). The Labute approximate surface area is 151 Å². The van der Waals surface area contributed by atoms with Crippen molar-refractivity contribution in [2.45, 2.75) is 32.7 Å². The Morgan fingerprint density at radius 2 is 1.96 bits per heavy atom. The third kappa shape index (κ3) is 8.22. The molecule has 1 aromatic rings. The lowest BCUT2D eigenvalue weighted by molar-refractivity contribution is 0.411. The fourth-order valence-electron chi connectivity index (χ4n) is 2.41. The van der Waals surface area contributed by atoms with Gasteiger partial charge in [-0.3, -0.25) is 4.99 Å². The number of rotatable bonds is 8. The van der Waals surface area contributed by atoms with Gasteiger partial charge in [0.05, 0.1) is 13.4 Å². The quantitative estimate of drug-likeness (QED) is 0.470. The summed E-state index contributed by atoms with van der Waals surface area (Å²) < 4.78 is 30.7. The number of benzene rings is 1. The number of guanidine groups is 1. The molecular formula is C17H30N4O3S. The van der Waals surface area contributed by atoms with Crippen LogP contribution < -0.4 is 20.1 Å². The Balaban J connectivity index is 2.50. The van der Waals surface area contributed by atoms with Gasteiger partial charge in [0.15, 0.2) is 5.96 Å². The zero-order chi connectivity index (χ0) is 19.1. The molecule has 0 fully saturated rings. The van der Waals surface area contributed by atoms with E-state index in [4.69, 9.17) is 4.74 Å². The Bertz CT molecular complexity index is 700. The van der Waals surface area contributed by atoms with E-state index in [0.717, 1.165) is 24.0 Å². The molecule has 0 aliphatic rings. The Kier molecular flexibility index (Phi) is 7.69. The first-order valence-electron chi connectivity index (χ1n) is 8.13. The Hall–Kier alpha value is -1.80. The molecule has 3 N–H and O–H groups in total. The molecule has 142 valence electrons. The molecule has 0 spiro atoms. The minimum atomic E-state index is -3.26. The summed E-state index contributed by atoms with van der Waals surface area (Å²) in [5.74, 6) is 1.51. The molecular weight excluding hydrogens is 340 g/mol. The van der Waals surface area contributed by atoms with Crippen LogP contribution in [-0.2, 0) is 16.4 Å². The molecule has 0 atom stereocenters. The van der Waals surface area contributed by atoms with Gasteiger partial charge in [-0.2, -0.15) is 0 Å². The minimum Gasteiger partial charge on any atom is -0.496 e. The summed E-state index contributed by atoms with van der Waals surface area (Å²) in [5.41, 5.74) is 1.66. The van der Waals surface area contributed by atoms with Gasteiger partial charge in [-0.15, -0.1) is 0 Å². The molecule has 0 bridgehead atoms. The molecule has 0 amide bonds. The number of aliphatic imine (C=N–C) groups is 1. The first-order valence-corrected chi connectivity index (χ1v) is 10.0. The topological polar surface area (TPSA) is 91.8 Å². The van der Waals surface area contributed by atoms with Crippen molar-refractivity contribution in [2.24, 2.45) is 4.99 Å². The van der Waals surface area contributed by atoms with E-state index in [1.807, 2.05) is 32.9 Å². The first-order chi connectivity index (χ1) is 11.6. The second kappa shape index (κ2) is 9.05. The van der Waals surface area contributed by atoms with Gasteiger partial charge < -0.3 is 15.4 Å². The van der Waals surface area contributed by atoms with E-state index in [9.17, 15) is 8.42 Å². The van der Waals surface area contributed by atoms with Crippen LogP contribution in [0.25, 0.3) is 0 Å². The highest BCUT2D eigenvalue weighted by Gasteiger charge is 2.22. The fraction of sp³-hybridized carbons (Fsp3) is 0.588. The third-order valence-corrected chi connectivity index (χ3v) is 4.49. The molecule has 0 unspecified atom stereocenters. The number of ether oxygens (including phenoxy) is 1. The van der Waals surface area contributed by atoms with Gasteiger partial charge in [0.2, 0.25) is 10.0 Å². The first kappa shape index (κ1) is 21.2. The smallest absolute Gasteiger partial charge is 0.209 e. The van der Waals surface area contributed by atoms with Gasteiger partial charge in [-0.05, 0) is 44.4 Å². The lowest BCUT2D eigenvalue weighted by atomic mass is 10.1. The van der Waals surface area contributed by atoms with E-state index < -0.39 is 15.6 Å². The van der Waals surface area contributed by atoms with Crippen LogP contribution >= 0.6 is 0 Å². The van der Waals surface area contributed by atoms with Crippen molar-refractivity contribution in [3.05, 3.63) is 29.3 Å². The Morgan fingerprint density at radius 1 is 1.28 bits per heavy atom. The molecule has 1 aromatic carbocycles. The van der Waals surface area contributed by atoms with Crippen molar-refractivity contribution in [3.63, 3.8) is 0 Å². The molecule has 7 nitrogen and oxygen atoms in total. The second-order valence-electron chi connectivity index (χ2n) is 6.66. The van der Waals surface area contributed by atoms with Gasteiger partial charge >= 0.3 is 0 Å². The van der Waals surface area contributed by atoms with Crippen molar-refractivity contribution in [1.82, 2.24) is 15.4 Å². The maximum absolute atomic E-state index is 11.4. The normalized spacial score (nSPS) is 12.8. The molecule has 25 heavy (non-hydrogen) atoms. The second-order valence-corrected chi connectivity index (χ2v) is 8.41. The summed E-state index contributed by atoms with van der Waals surface area (Å²) in [5, 5.41) is 6.36. The highest BCUT2D eigenvalue weighted by molar-refractivity contribution is 7.88. The highest BCUT2D eigenvalue weighted by Crippen LogP contribution is 2.18. The molecule has 0 saturated carbocycles. The summed E-state index contributed by atoms with van der Waals surface area (Å²) in [4.78, 5) is 4.16. The van der Waals surface area contributed by atoms with Crippen molar-refractivity contribution in [3.8, 4) is 5.75 Å². The Morgan fingerprint density at radius 3 is 2.52 bits per heavy atom. The average Bonchev–Trinajstić information content (AvgIpc) is 2.49. The van der Waals surface area contributed by atoms with Crippen LogP contribution in [0.5, 0.6) is 5.75 Å². The number of methoxy groups -OCH3 is 1. The molecule has 0 saturated heterocycles. The maximum atomic E-state index is 11.4. The summed E-state index contributed by atoms with van der Waals surface area (Å²) in [6, 6.07) is 6.15. The molecule has 0 aliphatic heterocycles. The minimum absolute atomic E-state index is 0.415. The highest BCUT2D eigenvalue weighted by atomic mass is 32.2. The van der Waals surface area contributed by atoms with Crippen molar-refractivity contribution in [2.75, 3.05) is 33.5 Å². The van der Waals surface area contributed by atoms with Crippen LogP contribution in [0.3, 0.4) is 0 Å². The maximum Gasteiger partial charge on any atom is 0.209 e. The fourth-order valence-corrected chi connectivity index (χ4v) is 3.48. The van der Waals surface area contributed by atoms with Crippen LogP contribution in [0.1, 0.15) is 25.0 Å².